The first-order valence-electron chi connectivity index (χ1n) is 10.2. The summed E-state index contributed by atoms with van der Waals surface area (Å²) in [4.78, 5) is 3.19. The predicted octanol–water partition coefficient (Wildman–Crippen LogP) is 4.00. The Bertz CT molecular complexity index is 1200. The van der Waals surface area contributed by atoms with Crippen molar-refractivity contribution in [3.63, 3.8) is 0 Å². The lowest BCUT2D eigenvalue weighted by molar-refractivity contribution is 0.155. The van der Waals surface area contributed by atoms with E-state index in [0.717, 1.165) is 29.4 Å². The van der Waals surface area contributed by atoms with E-state index in [2.05, 4.69) is 11.8 Å². The number of ether oxygens (including phenoxy) is 1. The molecule has 0 radical (unpaired) electrons. The highest BCUT2D eigenvalue weighted by atomic mass is 32.2. The van der Waals surface area contributed by atoms with Crippen LogP contribution < -0.4 is 4.74 Å². The Labute approximate surface area is 191 Å². The number of thiophene rings is 1. The monoisotopic (exact) mass is 478 g/mol. The highest BCUT2D eigenvalue weighted by Gasteiger charge is 2.32. The zero-order chi connectivity index (χ0) is 22.0. The first-order valence-corrected chi connectivity index (χ1v) is 13.4. The van der Waals surface area contributed by atoms with Gasteiger partial charge in [-0.1, -0.05) is 25.1 Å². The van der Waals surface area contributed by atoms with Crippen LogP contribution >= 0.6 is 23.6 Å². The van der Waals surface area contributed by atoms with Crippen molar-refractivity contribution in [1.82, 2.24) is 19.2 Å². The number of benzene rings is 1. The fourth-order valence-electron chi connectivity index (χ4n) is 3.99. The lowest BCUT2D eigenvalue weighted by atomic mass is 10.2. The number of para-hydroxylation sites is 2. The van der Waals surface area contributed by atoms with Gasteiger partial charge in [-0.25, -0.2) is 13.1 Å². The molecule has 10 heteroatoms. The number of aromatic nitrogens is 3. The fourth-order valence-corrected chi connectivity index (χ4v) is 6.73. The number of hydrogen-bond acceptors (Lipinski definition) is 7. The summed E-state index contributed by atoms with van der Waals surface area (Å²) in [6, 6.07) is 11.7. The van der Waals surface area contributed by atoms with E-state index in [4.69, 9.17) is 22.1 Å². The van der Waals surface area contributed by atoms with Crippen LogP contribution in [0.1, 0.15) is 19.8 Å². The number of sulfone groups is 1. The molecule has 1 unspecified atom stereocenters. The molecule has 0 aliphatic carbocycles. The van der Waals surface area contributed by atoms with Crippen molar-refractivity contribution in [2.75, 3.05) is 25.2 Å². The summed E-state index contributed by atoms with van der Waals surface area (Å²) in [5.41, 5.74) is 0.829. The van der Waals surface area contributed by atoms with Crippen molar-refractivity contribution in [2.45, 2.75) is 32.5 Å². The van der Waals surface area contributed by atoms with E-state index in [0.29, 0.717) is 23.6 Å². The largest absolute Gasteiger partial charge is 0.495 e. The van der Waals surface area contributed by atoms with Crippen LogP contribution in [0.25, 0.3) is 16.4 Å². The summed E-state index contributed by atoms with van der Waals surface area (Å²) in [7, 11) is -1.33. The van der Waals surface area contributed by atoms with E-state index in [1.807, 2.05) is 46.3 Å². The predicted molar refractivity (Wildman–Crippen MR) is 126 cm³/mol. The van der Waals surface area contributed by atoms with Crippen molar-refractivity contribution in [3.8, 4) is 22.1 Å². The molecule has 3 aromatic rings. The number of methoxy groups -OCH3 is 1. The molecule has 1 aliphatic heterocycles. The van der Waals surface area contributed by atoms with Crippen molar-refractivity contribution in [3.05, 3.63) is 46.5 Å². The Morgan fingerprint density at radius 1 is 1.29 bits per heavy atom. The van der Waals surface area contributed by atoms with E-state index < -0.39 is 9.84 Å². The molecular weight excluding hydrogens is 452 g/mol. The molecule has 0 spiro atoms. The molecule has 0 N–H and O–H groups in total. The first-order chi connectivity index (χ1) is 14.9. The Morgan fingerprint density at radius 2 is 2.10 bits per heavy atom. The van der Waals surface area contributed by atoms with Crippen LogP contribution in [0.4, 0.5) is 0 Å². The molecule has 1 fully saturated rings. The highest BCUT2D eigenvalue weighted by molar-refractivity contribution is 7.91. The molecule has 1 aromatic carbocycles. The van der Waals surface area contributed by atoms with E-state index in [1.165, 1.54) is 0 Å². The molecule has 3 heterocycles. The summed E-state index contributed by atoms with van der Waals surface area (Å²) >= 11 is 7.46. The molecule has 2 aromatic heterocycles. The second-order valence-electron chi connectivity index (χ2n) is 7.60. The Morgan fingerprint density at radius 3 is 2.74 bits per heavy atom. The average Bonchev–Trinajstić information content (AvgIpc) is 3.47. The summed E-state index contributed by atoms with van der Waals surface area (Å²) in [5.74, 6) is 1.91. The molecule has 0 bridgehead atoms. The molecular formula is C21H26N4O3S3. The number of rotatable bonds is 8. The Hall–Kier alpha value is -2.01. The normalized spacial score (nSPS) is 18.0. The van der Waals surface area contributed by atoms with E-state index in [1.54, 1.807) is 23.1 Å². The first kappa shape index (κ1) is 22.2. The molecule has 1 atom stereocenters. The van der Waals surface area contributed by atoms with Gasteiger partial charge in [0.05, 0.1) is 35.8 Å². The minimum Gasteiger partial charge on any atom is -0.495 e. The quantitative estimate of drug-likeness (QED) is 0.456. The van der Waals surface area contributed by atoms with Crippen LogP contribution in [0.3, 0.4) is 0 Å². The van der Waals surface area contributed by atoms with Crippen LogP contribution in [0.2, 0.25) is 0 Å². The van der Waals surface area contributed by atoms with E-state index >= 15 is 0 Å². The topological polar surface area (TPSA) is 69.4 Å². The van der Waals surface area contributed by atoms with Gasteiger partial charge in [0.15, 0.2) is 15.7 Å². The van der Waals surface area contributed by atoms with Crippen molar-refractivity contribution in [1.29, 1.82) is 0 Å². The summed E-state index contributed by atoms with van der Waals surface area (Å²) < 4.78 is 34.0. The molecule has 166 valence electrons. The van der Waals surface area contributed by atoms with Gasteiger partial charge in [-0.05, 0) is 55.2 Å². The SMILES string of the molecule is CCCN(Cn1nc(-c2cccs2)n(-c2ccccc2OC)c1=S)C1CCS(=O)(=O)C1. The molecule has 1 saturated heterocycles. The average molecular weight is 479 g/mol. The van der Waals surface area contributed by atoms with Gasteiger partial charge >= 0.3 is 0 Å². The molecule has 1 aliphatic rings. The minimum atomic E-state index is -2.97. The molecule has 31 heavy (non-hydrogen) atoms. The van der Waals surface area contributed by atoms with Crippen LogP contribution in [0.5, 0.6) is 5.75 Å². The molecule has 0 amide bonds. The minimum absolute atomic E-state index is 0.00607. The van der Waals surface area contributed by atoms with Gasteiger partial charge in [0.2, 0.25) is 4.77 Å². The zero-order valence-corrected chi connectivity index (χ0v) is 20.0. The van der Waals surface area contributed by atoms with Gasteiger partial charge in [-0.15, -0.1) is 16.4 Å². The van der Waals surface area contributed by atoms with Crippen LogP contribution in [0, 0.1) is 4.77 Å². The van der Waals surface area contributed by atoms with Gasteiger partial charge in [-0.3, -0.25) is 9.47 Å². The lowest BCUT2D eigenvalue weighted by Crippen LogP contribution is -2.38. The maximum Gasteiger partial charge on any atom is 0.204 e. The maximum absolute atomic E-state index is 12.1. The third kappa shape index (κ3) is 4.62. The van der Waals surface area contributed by atoms with Gasteiger partial charge < -0.3 is 4.74 Å². The van der Waals surface area contributed by atoms with Gasteiger partial charge in [0.1, 0.15) is 5.75 Å². The van der Waals surface area contributed by atoms with Crippen LogP contribution in [-0.4, -0.2) is 58.9 Å². The second kappa shape index (κ2) is 9.23. The molecule has 0 saturated carbocycles. The van der Waals surface area contributed by atoms with E-state index in [-0.39, 0.29) is 17.5 Å². The van der Waals surface area contributed by atoms with Crippen molar-refractivity contribution < 1.29 is 13.2 Å². The summed E-state index contributed by atoms with van der Waals surface area (Å²) in [6.45, 7) is 3.34. The molecule has 7 nitrogen and oxygen atoms in total. The maximum atomic E-state index is 12.1. The molecule has 4 rings (SSSR count). The van der Waals surface area contributed by atoms with Gasteiger partial charge in [0, 0.05) is 6.04 Å². The highest BCUT2D eigenvalue weighted by Crippen LogP contribution is 2.31. The smallest absolute Gasteiger partial charge is 0.204 e. The number of hydrogen-bond donors (Lipinski definition) is 0. The lowest BCUT2D eigenvalue weighted by Gasteiger charge is -2.27. The third-order valence-corrected chi connectivity index (χ3v) is 8.47. The summed E-state index contributed by atoms with van der Waals surface area (Å²) in [5, 5.41) is 6.88. The van der Waals surface area contributed by atoms with Crippen LogP contribution in [-0.2, 0) is 16.5 Å². The fraction of sp³-hybridized carbons (Fsp3) is 0.429. The summed E-state index contributed by atoms with van der Waals surface area (Å²) in [6.07, 6.45) is 1.58. The van der Waals surface area contributed by atoms with E-state index in [9.17, 15) is 8.42 Å². The second-order valence-corrected chi connectivity index (χ2v) is 11.1. The third-order valence-electron chi connectivity index (χ3n) is 5.46. The Kier molecular flexibility index (Phi) is 6.61. The van der Waals surface area contributed by atoms with Crippen molar-refractivity contribution in [2.24, 2.45) is 0 Å². The van der Waals surface area contributed by atoms with Gasteiger partial charge in [0.25, 0.3) is 0 Å². The Balaban J connectivity index is 1.78. The zero-order valence-electron chi connectivity index (χ0n) is 17.6. The number of nitrogens with zero attached hydrogens (tertiary/aromatic N) is 4. The van der Waals surface area contributed by atoms with Crippen molar-refractivity contribution >= 4 is 33.4 Å². The standard InChI is InChI=1S/C21H26N4O3S3/c1-3-11-23(16-10-13-31(26,27)14-16)15-24-21(29)25(17-7-4-5-8-18(17)28-2)20(22-24)19-9-6-12-30-19/h4-9,12,16H,3,10-11,13-15H2,1-2H3. The van der Waals surface area contributed by atoms with Gasteiger partial charge in [-0.2, -0.15) is 0 Å². The van der Waals surface area contributed by atoms with Crippen LogP contribution in [0.15, 0.2) is 41.8 Å².